The fourth-order valence-electron chi connectivity index (χ4n) is 20.1. The molecule has 0 saturated heterocycles. The van der Waals surface area contributed by atoms with Crippen LogP contribution < -0.4 is 0 Å². The van der Waals surface area contributed by atoms with Crippen molar-refractivity contribution < 1.29 is 0 Å². The fraction of sp³-hybridized carbons (Fsp3) is 0. The van der Waals surface area contributed by atoms with Crippen LogP contribution in [0.5, 0.6) is 0 Å². The van der Waals surface area contributed by atoms with Crippen molar-refractivity contribution in [2.45, 2.75) is 0 Å². The molecule has 0 aliphatic carbocycles. The van der Waals surface area contributed by atoms with Gasteiger partial charge < -0.3 is 27.4 Å². The Kier molecular flexibility index (Phi) is 15.6. The summed E-state index contributed by atoms with van der Waals surface area (Å²) in [7, 11) is 0. The van der Waals surface area contributed by atoms with Crippen molar-refractivity contribution in [2.24, 2.45) is 0 Å². The second-order valence-electron chi connectivity index (χ2n) is 32.3. The lowest BCUT2D eigenvalue weighted by Crippen LogP contribution is -1.95. The molecule has 0 atom stereocenters. The second-order valence-corrected chi connectivity index (χ2v) is 32.3. The summed E-state index contributed by atoms with van der Waals surface area (Å²) in [5.74, 6) is 0. The standard InChI is InChI=1S/2C58H37N3/c1-3-14-38(15-4-1)41-18-13-21-45(34-41)59-52-24-11-10-23-48(52)50-36-42(27-31-54(50)59)43-28-32-55-51(37-43)57-56(60(55)46-29-26-39-16-7-8-17-40(39)35-46)33-30-49-47-22-9-12-25-53(47)61(58(49)57)44-19-5-2-6-20-44;1-3-14-38(15-4-1)41-18-13-21-45(34-41)60-51-24-11-9-22-47(51)49-36-42(27-30-53(49)60)43-28-31-54-50(37-43)58-56(61(54)46-29-26-39-16-7-8-17-40(39)35-46)33-32-55-57(58)48-23-10-12-25-52(48)59(55)44-19-5-2-6-20-44/h2*1-37H. The molecule has 0 unspecified atom stereocenters. The molecule has 0 bridgehead atoms. The molecule has 6 heteroatoms. The van der Waals surface area contributed by atoms with E-state index in [1.807, 2.05) is 0 Å². The smallest absolute Gasteiger partial charge is 0.0641 e. The van der Waals surface area contributed by atoms with Gasteiger partial charge >= 0.3 is 0 Å². The van der Waals surface area contributed by atoms with Gasteiger partial charge in [-0.25, -0.2) is 0 Å². The highest BCUT2D eigenvalue weighted by atomic mass is 15.0. The molecule has 0 amide bonds. The van der Waals surface area contributed by atoms with E-state index >= 15 is 0 Å². The van der Waals surface area contributed by atoms with E-state index in [0.29, 0.717) is 0 Å². The minimum Gasteiger partial charge on any atom is -0.309 e. The quantitative estimate of drug-likeness (QED) is 0.131. The van der Waals surface area contributed by atoms with Crippen LogP contribution in [0.1, 0.15) is 0 Å². The molecule has 0 N–H and O–H groups in total. The number of benzene rings is 20. The van der Waals surface area contributed by atoms with Crippen molar-refractivity contribution in [3.05, 3.63) is 449 Å². The predicted molar refractivity (Wildman–Crippen MR) is 516 cm³/mol. The number of para-hydroxylation sites is 6. The molecule has 0 fully saturated rings. The molecule has 6 aromatic heterocycles. The average Bonchev–Trinajstić information content (AvgIpc) is 1.55. The minimum absolute atomic E-state index is 1.15. The first-order chi connectivity index (χ1) is 60.5. The van der Waals surface area contributed by atoms with E-state index in [9.17, 15) is 0 Å². The van der Waals surface area contributed by atoms with Crippen LogP contribution in [0.4, 0.5) is 0 Å². The molecule has 20 aromatic carbocycles. The topological polar surface area (TPSA) is 29.6 Å². The van der Waals surface area contributed by atoms with Gasteiger partial charge in [0.2, 0.25) is 0 Å². The summed E-state index contributed by atoms with van der Waals surface area (Å²) < 4.78 is 14.7. The lowest BCUT2D eigenvalue weighted by Gasteiger charge is -2.11. The maximum atomic E-state index is 2.47. The first-order valence-electron chi connectivity index (χ1n) is 42.0. The van der Waals surface area contributed by atoms with Crippen LogP contribution in [0.2, 0.25) is 0 Å². The summed E-state index contributed by atoms with van der Waals surface area (Å²) >= 11 is 0. The maximum Gasteiger partial charge on any atom is 0.0641 e. The Labute approximate surface area is 702 Å². The number of aromatic nitrogens is 6. The van der Waals surface area contributed by atoms with Crippen LogP contribution in [0.25, 0.3) is 231 Å². The Morgan fingerprint density at radius 2 is 0.393 bits per heavy atom. The van der Waals surface area contributed by atoms with E-state index in [2.05, 4.69) is 476 Å². The fourth-order valence-corrected chi connectivity index (χ4v) is 20.1. The third-order valence-corrected chi connectivity index (χ3v) is 25.6. The maximum absolute atomic E-state index is 2.47. The zero-order valence-electron chi connectivity index (χ0n) is 66.4. The van der Waals surface area contributed by atoms with E-state index in [-0.39, 0.29) is 0 Å². The van der Waals surface area contributed by atoms with Gasteiger partial charge in [0.1, 0.15) is 0 Å². The normalized spacial score (nSPS) is 11.9. The molecule has 26 aromatic rings. The monoisotopic (exact) mass is 1550 g/mol. The molecule has 122 heavy (non-hydrogen) atoms. The molecule has 0 aliphatic rings. The summed E-state index contributed by atoms with van der Waals surface area (Å²) in [5.41, 5.74) is 30.9. The molecule has 568 valence electrons. The van der Waals surface area contributed by atoms with Gasteiger partial charge in [0.05, 0.1) is 66.2 Å². The molecule has 0 saturated carbocycles. The van der Waals surface area contributed by atoms with Gasteiger partial charge in [-0.05, 0) is 230 Å². The van der Waals surface area contributed by atoms with Gasteiger partial charge in [-0.1, -0.05) is 285 Å². The van der Waals surface area contributed by atoms with Gasteiger partial charge in [0, 0.05) is 98.8 Å². The first-order valence-corrected chi connectivity index (χ1v) is 42.0. The number of rotatable bonds is 10. The molecular formula is C116H74N6. The Hall–Kier alpha value is -16.3. The third-order valence-electron chi connectivity index (χ3n) is 25.6. The van der Waals surface area contributed by atoms with Crippen LogP contribution in [-0.2, 0) is 0 Å². The largest absolute Gasteiger partial charge is 0.309 e. The minimum atomic E-state index is 1.15. The van der Waals surface area contributed by atoms with Crippen LogP contribution in [0.15, 0.2) is 449 Å². The summed E-state index contributed by atoms with van der Waals surface area (Å²) in [6.07, 6.45) is 0. The Balaban J connectivity index is 0.000000134. The first kappa shape index (κ1) is 68.9. The van der Waals surface area contributed by atoms with Gasteiger partial charge in [0.25, 0.3) is 0 Å². The van der Waals surface area contributed by atoms with E-state index in [0.717, 1.165) is 34.1 Å². The van der Waals surface area contributed by atoms with Crippen LogP contribution >= 0.6 is 0 Å². The summed E-state index contributed by atoms with van der Waals surface area (Å²) in [6, 6.07) is 165. The highest BCUT2D eigenvalue weighted by Crippen LogP contribution is 2.48. The van der Waals surface area contributed by atoms with Crippen LogP contribution in [-0.4, -0.2) is 27.4 Å². The lowest BCUT2D eigenvalue weighted by atomic mass is 9.99. The zero-order valence-corrected chi connectivity index (χ0v) is 66.4. The molecule has 6 heterocycles. The SMILES string of the molecule is c1ccc(-c2cccc(-n3c4ccccc4c4cc(-c5ccc6c(c5)c5c(ccc7c8ccccc8n(-c8ccccc8)c75)n6-c5ccc6ccccc6c5)ccc43)c2)cc1.c1ccc(-c2cccc(-n3c4ccccc4c4cc(-c5ccc6c(c5)c5c7c8ccccc8n(-c8ccccc8)c7ccc5n6-c5ccc6ccccc6c5)ccc43)c2)cc1. The molecular weight excluding hydrogens is 1480 g/mol. The lowest BCUT2D eigenvalue weighted by molar-refractivity contribution is 1.17. The van der Waals surface area contributed by atoms with Crippen molar-refractivity contribution in [3.8, 4) is 78.6 Å². The highest BCUT2D eigenvalue weighted by molar-refractivity contribution is 6.30. The summed E-state index contributed by atoms with van der Waals surface area (Å²) in [4.78, 5) is 0. The number of nitrogens with zero attached hydrogens (tertiary/aromatic N) is 6. The van der Waals surface area contributed by atoms with Crippen LogP contribution in [0, 0.1) is 0 Å². The Morgan fingerprint density at radius 3 is 0.869 bits per heavy atom. The predicted octanol–water partition coefficient (Wildman–Crippen LogP) is 30.9. The van der Waals surface area contributed by atoms with Gasteiger partial charge in [-0.3, -0.25) is 0 Å². The van der Waals surface area contributed by atoms with E-state index in [1.54, 1.807) is 0 Å². The molecule has 0 aliphatic heterocycles. The van der Waals surface area contributed by atoms with Crippen molar-refractivity contribution >= 4 is 152 Å². The number of hydrogen-bond acceptors (Lipinski definition) is 0. The number of hydrogen-bond donors (Lipinski definition) is 0. The zero-order chi connectivity index (χ0) is 80.0. The van der Waals surface area contributed by atoms with Gasteiger partial charge in [0.15, 0.2) is 0 Å². The van der Waals surface area contributed by atoms with Crippen LogP contribution in [0.3, 0.4) is 0 Å². The second kappa shape index (κ2) is 27.7. The average molecular weight is 1550 g/mol. The van der Waals surface area contributed by atoms with Gasteiger partial charge in [-0.15, -0.1) is 0 Å². The van der Waals surface area contributed by atoms with E-state index < -0.39 is 0 Å². The summed E-state index contributed by atoms with van der Waals surface area (Å²) in [5, 5.41) is 19.9. The molecule has 0 spiro atoms. The summed E-state index contributed by atoms with van der Waals surface area (Å²) in [6.45, 7) is 0. The molecule has 26 rings (SSSR count). The number of fused-ring (bicyclic) bond motifs is 22. The van der Waals surface area contributed by atoms with Crippen molar-refractivity contribution in [1.82, 2.24) is 27.4 Å². The van der Waals surface area contributed by atoms with Gasteiger partial charge in [-0.2, -0.15) is 0 Å². The van der Waals surface area contributed by atoms with Crippen molar-refractivity contribution in [1.29, 1.82) is 0 Å². The third kappa shape index (κ3) is 10.8. The highest BCUT2D eigenvalue weighted by Gasteiger charge is 2.26. The van der Waals surface area contributed by atoms with Crippen molar-refractivity contribution in [3.63, 3.8) is 0 Å². The Morgan fingerprint density at radius 1 is 0.115 bits per heavy atom. The van der Waals surface area contributed by atoms with Crippen molar-refractivity contribution in [2.75, 3.05) is 0 Å². The van der Waals surface area contributed by atoms with E-state index in [4.69, 9.17) is 0 Å². The molecule has 0 radical (unpaired) electrons. The van der Waals surface area contributed by atoms with E-state index in [1.165, 1.54) is 197 Å². The Bertz CT molecular complexity index is 8750. The molecule has 6 nitrogen and oxygen atoms in total.